The van der Waals surface area contributed by atoms with Crippen LogP contribution in [0.3, 0.4) is 0 Å². The number of carbonyl (C=O) groups is 2. The van der Waals surface area contributed by atoms with E-state index in [9.17, 15) is 14.7 Å². The first-order valence-electron chi connectivity index (χ1n) is 10.2. The first-order chi connectivity index (χ1) is 14.5. The molecule has 160 valence electrons. The van der Waals surface area contributed by atoms with Crippen LogP contribution < -0.4 is 5.32 Å². The van der Waals surface area contributed by atoms with Gasteiger partial charge in [-0.3, -0.25) is 9.59 Å². The molecule has 0 aromatic heterocycles. The molecule has 0 saturated carbocycles. The van der Waals surface area contributed by atoms with Gasteiger partial charge in [0.05, 0.1) is 12.1 Å². The molecule has 1 fully saturated rings. The fourth-order valence-electron chi connectivity index (χ4n) is 3.57. The molecule has 1 unspecified atom stereocenters. The van der Waals surface area contributed by atoms with Crippen molar-refractivity contribution in [2.75, 3.05) is 12.3 Å². The van der Waals surface area contributed by atoms with Gasteiger partial charge in [0, 0.05) is 41.6 Å². The van der Waals surface area contributed by atoms with Crippen molar-refractivity contribution in [1.29, 1.82) is 0 Å². The number of nitrogens with zero attached hydrogens (tertiary/aromatic N) is 1. The summed E-state index contributed by atoms with van der Waals surface area (Å²) in [5, 5.41) is 14.1. The van der Waals surface area contributed by atoms with E-state index in [1.54, 1.807) is 28.8 Å². The second-order valence-electron chi connectivity index (χ2n) is 7.39. The lowest BCUT2D eigenvalue weighted by Crippen LogP contribution is -2.44. The highest BCUT2D eigenvalue weighted by Crippen LogP contribution is 2.26. The third-order valence-corrected chi connectivity index (χ3v) is 6.56. The first-order valence-corrected chi connectivity index (χ1v) is 11.6. The van der Waals surface area contributed by atoms with Gasteiger partial charge in [-0.05, 0) is 42.7 Å². The zero-order valence-electron chi connectivity index (χ0n) is 16.8. The van der Waals surface area contributed by atoms with Crippen LogP contribution in [0.2, 0.25) is 5.02 Å². The molecule has 0 bridgehead atoms. The smallest absolute Gasteiger partial charge is 0.223 e. The number of benzene rings is 2. The van der Waals surface area contributed by atoms with Crippen LogP contribution in [0.5, 0.6) is 0 Å². The normalized spacial score (nSPS) is 17.0. The number of hydrogen-bond donors (Lipinski definition) is 2. The quantitative estimate of drug-likeness (QED) is 0.573. The molecule has 1 aliphatic heterocycles. The molecule has 0 aliphatic carbocycles. The van der Waals surface area contributed by atoms with E-state index in [1.807, 2.05) is 42.5 Å². The van der Waals surface area contributed by atoms with Crippen molar-refractivity contribution in [3.05, 3.63) is 65.2 Å². The Morgan fingerprint density at radius 3 is 2.60 bits per heavy atom. The summed E-state index contributed by atoms with van der Waals surface area (Å²) in [4.78, 5) is 27.6. The summed E-state index contributed by atoms with van der Waals surface area (Å²) >= 11 is 7.45. The van der Waals surface area contributed by atoms with E-state index < -0.39 is 6.10 Å². The fraction of sp³-hybridized carbons (Fsp3) is 0.391. The molecule has 2 aromatic carbocycles. The van der Waals surface area contributed by atoms with E-state index in [0.717, 1.165) is 23.3 Å². The van der Waals surface area contributed by atoms with Crippen LogP contribution in [-0.2, 0) is 16.1 Å². The summed E-state index contributed by atoms with van der Waals surface area (Å²) in [7, 11) is 0. The number of aliphatic hydroxyl groups excluding tert-OH is 1. The van der Waals surface area contributed by atoms with Gasteiger partial charge in [-0.25, -0.2) is 0 Å². The minimum atomic E-state index is -0.583. The Morgan fingerprint density at radius 2 is 1.87 bits per heavy atom. The van der Waals surface area contributed by atoms with Crippen molar-refractivity contribution < 1.29 is 14.7 Å². The number of aliphatic hydroxyl groups is 1. The van der Waals surface area contributed by atoms with Crippen molar-refractivity contribution in [3.63, 3.8) is 0 Å². The molecule has 2 atom stereocenters. The second kappa shape index (κ2) is 11.4. The lowest BCUT2D eigenvalue weighted by atomic mass is 10.1. The topological polar surface area (TPSA) is 69.6 Å². The standard InChI is InChI=1S/C23H27ClN2O3S/c24-18-10-8-17(9-11-18)15-25-22(28)12-13-23(29)26-14-4-7-20(26)21(27)16-30-19-5-2-1-3-6-19/h1-3,5-6,8-11,20-21,27H,4,7,12-16H2,(H,25,28)/t20-,21?/m0/s1. The van der Waals surface area contributed by atoms with Crippen LogP contribution in [0.15, 0.2) is 59.5 Å². The Balaban J connectivity index is 1.42. The number of nitrogens with one attached hydrogen (secondary N) is 1. The molecule has 2 N–H and O–H groups in total. The molecule has 5 nitrogen and oxygen atoms in total. The SMILES string of the molecule is O=C(CCC(=O)N1CCC[C@H]1C(O)CSc1ccccc1)NCc1ccc(Cl)cc1. The molecule has 30 heavy (non-hydrogen) atoms. The van der Waals surface area contributed by atoms with E-state index in [-0.39, 0.29) is 30.7 Å². The van der Waals surface area contributed by atoms with Gasteiger partial charge in [0.1, 0.15) is 0 Å². The summed E-state index contributed by atoms with van der Waals surface area (Å²) in [5.41, 5.74) is 0.956. The minimum Gasteiger partial charge on any atom is -0.390 e. The van der Waals surface area contributed by atoms with E-state index in [0.29, 0.717) is 23.9 Å². The van der Waals surface area contributed by atoms with Crippen LogP contribution >= 0.6 is 23.4 Å². The van der Waals surface area contributed by atoms with Crippen LogP contribution in [-0.4, -0.2) is 46.3 Å². The maximum atomic E-state index is 12.7. The number of thioether (sulfide) groups is 1. The van der Waals surface area contributed by atoms with E-state index in [4.69, 9.17) is 11.6 Å². The summed E-state index contributed by atoms with van der Waals surface area (Å²) < 4.78 is 0. The Morgan fingerprint density at radius 1 is 1.13 bits per heavy atom. The molecule has 2 aromatic rings. The number of rotatable bonds is 9. The van der Waals surface area contributed by atoms with E-state index in [1.165, 1.54) is 0 Å². The molecule has 0 radical (unpaired) electrons. The predicted octanol–water partition coefficient (Wildman–Crippen LogP) is 3.88. The van der Waals surface area contributed by atoms with Crippen LogP contribution in [0.25, 0.3) is 0 Å². The van der Waals surface area contributed by atoms with E-state index in [2.05, 4.69) is 5.32 Å². The lowest BCUT2D eigenvalue weighted by Gasteiger charge is -2.28. The van der Waals surface area contributed by atoms with Gasteiger partial charge < -0.3 is 15.3 Å². The van der Waals surface area contributed by atoms with Gasteiger partial charge in [0.25, 0.3) is 0 Å². The number of amides is 2. The highest BCUT2D eigenvalue weighted by Gasteiger charge is 2.33. The van der Waals surface area contributed by atoms with Gasteiger partial charge in [-0.1, -0.05) is 41.9 Å². The summed E-state index contributed by atoms with van der Waals surface area (Å²) in [6.07, 6.45) is 1.39. The average molecular weight is 447 g/mol. The number of likely N-dealkylation sites (tertiary alicyclic amines) is 1. The molecule has 1 aliphatic rings. The minimum absolute atomic E-state index is 0.0668. The van der Waals surface area contributed by atoms with Gasteiger partial charge in [0.15, 0.2) is 0 Å². The van der Waals surface area contributed by atoms with Crippen LogP contribution in [0.4, 0.5) is 0 Å². The van der Waals surface area contributed by atoms with Crippen molar-refractivity contribution in [1.82, 2.24) is 10.2 Å². The lowest BCUT2D eigenvalue weighted by molar-refractivity contribution is -0.135. The van der Waals surface area contributed by atoms with Gasteiger partial charge in [-0.2, -0.15) is 0 Å². The third kappa shape index (κ3) is 6.76. The Kier molecular flexibility index (Phi) is 8.61. The number of carbonyl (C=O) groups excluding carboxylic acids is 2. The largest absolute Gasteiger partial charge is 0.390 e. The summed E-state index contributed by atoms with van der Waals surface area (Å²) in [6.45, 7) is 1.05. The Labute approximate surface area is 186 Å². The molecule has 3 rings (SSSR count). The Bertz CT molecular complexity index is 832. The van der Waals surface area contributed by atoms with Crippen LogP contribution in [0.1, 0.15) is 31.2 Å². The van der Waals surface area contributed by atoms with Gasteiger partial charge in [0.2, 0.25) is 11.8 Å². The number of halogens is 1. The molecule has 1 heterocycles. The highest BCUT2D eigenvalue weighted by molar-refractivity contribution is 7.99. The first kappa shape index (κ1) is 22.7. The highest BCUT2D eigenvalue weighted by atomic mass is 35.5. The van der Waals surface area contributed by atoms with Crippen molar-refractivity contribution >= 4 is 35.2 Å². The van der Waals surface area contributed by atoms with Crippen molar-refractivity contribution in [3.8, 4) is 0 Å². The molecule has 7 heteroatoms. The fourth-order valence-corrected chi connectivity index (χ4v) is 4.63. The summed E-state index contributed by atoms with van der Waals surface area (Å²) in [6, 6.07) is 17.0. The predicted molar refractivity (Wildman–Crippen MR) is 120 cm³/mol. The van der Waals surface area contributed by atoms with Crippen molar-refractivity contribution in [2.24, 2.45) is 0 Å². The molecular formula is C23H27ClN2O3S. The zero-order valence-corrected chi connectivity index (χ0v) is 18.4. The second-order valence-corrected chi connectivity index (χ2v) is 8.92. The molecule has 0 spiro atoms. The van der Waals surface area contributed by atoms with Gasteiger partial charge in [-0.15, -0.1) is 11.8 Å². The van der Waals surface area contributed by atoms with E-state index >= 15 is 0 Å². The maximum absolute atomic E-state index is 12.7. The monoisotopic (exact) mass is 446 g/mol. The molecular weight excluding hydrogens is 420 g/mol. The third-order valence-electron chi connectivity index (χ3n) is 5.20. The average Bonchev–Trinajstić information content (AvgIpc) is 3.26. The molecule has 1 saturated heterocycles. The zero-order chi connectivity index (χ0) is 21.3. The maximum Gasteiger partial charge on any atom is 0.223 e. The number of hydrogen-bond acceptors (Lipinski definition) is 4. The summed E-state index contributed by atoms with van der Waals surface area (Å²) in [5.74, 6) is 0.317. The Hall–Kier alpha value is -2.02. The molecule has 2 amide bonds. The van der Waals surface area contributed by atoms with Crippen LogP contribution in [0, 0.1) is 0 Å². The van der Waals surface area contributed by atoms with Crippen molar-refractivity contribution in [2.45, 2.75) is 49.3 Å². The van der Waals surface area contributed by atoms with Gasteiger partial charge >= 0.3 is 0 Å².